The van der Waals surface area contributed by atoms with Gasteiger partial charge in [0.2, 0.25) is 17.6 Å². The number of hydrogen-bond acceptors (Lipinski definition) is 9. The average molecular weight is 467 g/mol. The van der Waals surface area contributed by atoms with Crippen LogP contribution in [0.2, 0.25) is 0 Å². The maximum absolute atomic E-state index is 12.4. The fraction of sp³-hybridized carbons (Fsp3) is 0.227. The van der Waals surface area contributed by atoms with Crippen LogP contribution in [0.1, 0.15) is 5.56 Å². The highest BCUT2D eigenvalue weighted by atomic mass is 32.2. The minimum Gasteiger partial charge on any atom is -0.497 e. The lowest BCUT2D eigenvalue weighted by molar-refractivity contribution is -0.113. The smallest absolute Gasteiger partial charge is 0.296 e. The van der Waals surface area contributed by atoms with Gasteiger partial charge >= 0.3 is 0 Å². The molecule has 2 heterocycles. The van der Waals surface area contributed by atoms with E-state index >= 15 is 0 Å². The molecule has 10 nitrogen and oxygen atoms in total. The van der Waals surface area contributed by atoms with Gasteiger partial charge in [-0.15, -0.1) is 10.2 Å². The molecule has 0 saturated heterocycles. The van der Waals surface area contributed by atoms with E-state index in [0.29, 0.717) is 34.0 Å². The van der Waals surface area contributed by atoms with E-state index < -0.39 is 0 Å². The van der Waals surface area contributed by atoms with Crippen molar-refractivity contribution >= 4 is 23.4 Å². The first-order valence-corrected chi connectivity index (χ1v) is 10.9. The molecule has 0 fully saturated rings. The zero-order valence-electron chi connectivity index (χ0n) is 18.5. The molecule has 0 saturated carbocycles. The Morgan fingerprint density at radius 2 is 1.79 bits per heavy atom. The Labute approximate surface area is 194 Å². The van der Waals surface area contributed by atoms with E-state index in [1.165, 1.54) is 11.8 Å². The van der Waals surface area contributed by atoms with Crippen LogP contribution in [0.5, 0.6) is 11.5 Å². The molecule has 0 unspecified atom stereocenters. The predicted octanol–water partition coefficient (Wildman–Crippen LogP) is 3.59. The van der Waals surface area contributed by atoms with Crippen LogP contribution in [0, 0.1) is 6.92 Å². The number of thioether (sulfide) groups is 1. The number of aryl methyl sites for hydroxylation is 1. The maximum Gasteiger partial charge on any atom is 0.296 e. The molecule has 170 valence electrons. The average Bonchev–Trinajstić information content (AvgIpc) is 3.44. The normalized spacial score (nSPS) is 10.8. The van der Waals surface area contributed by atoms with E-state index in [9.17, 15) is 4.79 Å². The second-order valence-electron chi connectivity index (χ2n) is 7.09. The molecule has 11 heteroatoms. The van der Waals surface area contributed by atoms with Gasteiger partial charge in [0.15, 0.2) is 5.16 Å². The van der Waals surface area contributed by atoms with E-state index in [2.05, 4.69) is 25.7 Å². The van der Waals surface area contributed by atoms with Crippen LogP contribution in [0.15, 0.2) is 52.1 Å². The lowest BCUT2D eigenvalue weighted by atomic mass is 10.1. The lowest BCUT2D eigenvalue weighted by Crippen LogP contribution is -2.14. The lowest BCUT2D eigenvalue weighted by Gasteiger charge is -2.09. The number of methoxy groups -OCH3 is 2. The third-order valence-corrected chi connectivity index (χ3v) is 5.75. The monoisotopic (exact) mass is 466 g/mol. The van der Waals surface area contributed by atoms with Crippen molar-refractivity contribution in [1.82, 2.24) is 24.9 Å². The number of ether oxygens (including phenoxy) is 2. The minimum atomic E-state index is -0.209. The van der Waals surface area contributed by atoms with Crippen molar-refractivity contribution in [3.63, 3.8) is 0 Å². The molecular weight excluding hydrogens is 444 g/mol. The number of anilines is 1. The highest BCUT2D eigenvalue weighted by molar-refractivity contribution is 7.99. The Hall–Kier alpha value is -3.86. The second-order valence-corrected chi connectivity index (χ2v) is 8.04. The third-order valence-electron chi connectivity index (χ3n) is 4.73. The number of nitrogens with one attached hydrogen (secondary N) is 1. The zero-order valence-corrected chi connectivity index (χ0v) is 19.3. The number of carbonyl (C=O) groups excluding carboxylic acids is 1. The summed E-state index contributed by atoms with van der Waals surface area (Å²) in [5.74, 6) is 2.22. The quantitative estimate of drug-likeness (QED) is 0.389. The van der Waals surface area contributed by atoms with E-state index in [4.69, 9.17) is 14.0 Å². The summed E-state index contributed by atoms with van der Waals surface area (Å²) in [7, 11) is 4.88. The molecule has 0 aliphatic carbocycles. The molecule has 0 spiro atoms. The van der Waals surface area contributed by atoms with Gasteiger partial charge in [0.25, 0.3) is 5.89 Å². The van der Waals surface area contributed by atoms with Crippen molar-refractivity contribution in [2.24, 2.45) is 7.05 Å². The van der Waals surface area contributed by atoms with Crippen LogP contribution >= 0.6 is 11.8 Å². The van der Waals surface area contributed by atoms with Gasteiger partial charge in [0, 0.05) is 36.5 Å². The predicted molar refractivity (Wildman–Crippen MR) is 123 cm³/mol. The van der Waals surface area contributed by atoms with Crippen molar-refractivity contribution in [2.75, 3.05) is 25.3 Å². The highest BCUT2D eigenvalue weighted by Crippen LogP contribution is 2.27. The van der Waals surface area contributed by atoms with Crippen LogP contribution in [-0.2, 0) is 11.8 Å². The molecule has 0 atom stereocenters. The standard InChI is InChI=1S/C22H22N6O4S/c1-13-5-7-14(8-6-13)19-24-21(32-27-19)20-25-26-22(28(20)2)33-12-18(29)23-15-9-16(30-3)11-17(10-15)31-4/h5-11H,12H2,1-4H3,(H,23,29). The number of benzene rings is 2. The topological polar surface area (TPSA) is 117 Å². The summed E-state index contributed by atoms with van der Waals surface area (Å²) in [4.78, 5) is 16.9. The fourth-order valence-electron chi connectivity index (χ4n) is 2.97. The molecule has 0 radical (unpaired) electrons. The van der Waals surface area contributed by atoms with Gasteiger partial charge in [-0.25, -0.2) is 0 Å². The van der Waals surface area contributed by atoms with Crippen LogP contribution in [-0.4, -0.2) is 50.8 Å². The summed E-state index contributed by atoms with van der Waals surface area (Å²) in [5.41, 5.74) is 2.56. The van der Waals surface area contributed by atoms with Crippen molar-refractivity contribution in [1.29, 1.82) is 0 Å². The molecule has 0 aliphatic heterocycles. The van der Waals surface area contributed by atoms with Gasteiger partial charge in [0.05, 0.1) is 20.0 Å². The van der Waals surface area contributed by atoms with Gasteiger partial charge in [0.1, 0.15) is 11.5 Å². The van der Waals surface area contributed by atoms with Gasteiger partial charge in [-0.05, 0) is 6.92 Å². The van der Waals surface area contributed by atoms with Crippen molar-refractivity contribution in [3.05, 3.63) is 48.0 Å². The Bertz CT molecular complexity index is 1250. The molecule has 1 amide bonds. The number of nitrogens with zero attached hydrogens (tertiary/aromatic N) is 5. The Morgan fingerprint density at radius 3 is 2.45 bits per heavy atom. The molecule has 4 aromatic rings. The Morgan fingerprint density at radius 1 is 1.09 bits per heavy atom. The maximum atomic E-state index is 12.4. The number of hydrogen-bond donors (Lipinski definition) is 1. The van der Waals surface area contributed by atoms with E-state index in [0.717, 1.165) is 11.1 Å². The second kappa shape index (κ2) is 9.74. The molecule has 0 bridgehead atoms. The van der Waals surface area contributed by atoms with Gasteiger partial charge in [-0.2, -0.15) is 4.98 Å². The summed E-state index contributed by atoms with van der Waals surface area (Å²) in [5, 5.41) is 15.7. The van der Waals surface area contributed by atoms with Gasteiger partial charge < -0.3 is 23.9 Å². The third kappa shape index (κ3) is 5.14. The summed E-state index contributed by atoms with van der Waals surface area (Å²) in [6.45, 7) is 2.01. The summed E-state index contributed by atoms with van der Waals surface area (Å²) >= 11 is 1.24. The number of aromatic nitrogens is 5. The van der Waals surface area contributed by atoms with E-state index in [-0.39, 0.29) is 17.6 Å². The molecule has 4 rings (SSSR count). The Kier molecular flexibility index (Phi) is 6.59. The van der Waals surface area contributed by atoms with E-state index in [1.54, 1.807) is 44.0 Å². The molecule has 2 aromatic heterocycles. The first kappa shape index (κ1) is 22.3. The molecule has 33 heavy (non-hydrogen) atoms. The molecule has 2 aromatic carbocycles. The Balaban J connectivity index is 1.41. The van der Waals surface area contributed by atoms with E-state index in [1.807, 2.05) is 31.2 Å². The van der Waals surface area contributed by atoms with Crippen LogP contribution in [0.25, 0.3) is 23.1 Å². The van der Waals surface area contributed by atoms with Crippen molar-refractivity contribution < 1.29 is 18.8 Å². The summed E-state index contributed by atoms with van der Waals surface area (Å²) < 4.78 is 17.5. The molecule has 1 N–H and O–H groups in total. The fourth-order valence-corrected chi connectivity index (χ4v) is 3.68. The van der Waals surface area contributed by atoms with Crippen LogP contribution in [0.3, 0.4) is 0 Å². The van der Waals surface area contributed by atoms with Crippen LogP contribution < -0.4 is 14.8 Å². The van der Waals surface area contributed by atoms with Crippen molar-refractivity contribution in [2.45, 2.75) is 12.1 Å². The molecular formula is C22H22N6O4S. The largest absolute Gasteiger partial charge is 0.497 e. The zero-order chi connectivity index (χ0) is 23.4. The summed E-state index contributed by atoms with van der Waals surface area (Å²) in [6, 6.07) is 13.0. The number of carbonyl (C=O) groups is 1. The van der Waals surface area contributed by atoms with Gasteiger partial charge in [-0.1, -0.05) is 46.7 Å². The highest BCUT2D eigenvalue weighted by Gasteiger charge is 2.19. The van der Waals surface area contributed by atoms with Crippen molar-refractivity contribution in [3.8, 4) is 34.6 Å². The summed E-state index contributed by atoms with van der Waals surface area (Å²) in [6.07, 6.45) is 0. The SMILES string of the molecule is COc1cc(NC(=O)CSc2nnc(-c3nc(-c4ccc(C)cc4)no3)n2C)cc(OC)c1. The molecule has 0 aliphatic rings. The minimum absolute atomic E-state index is 0.129. The number of amides is 1. The number of rotatable bonds is 8. The first-order valence-electron chi connectivity index (χ1n) is 9.93. The van der Waals surface area contributed by atoms with Gasteiger partial charge in [-0.3, -0.25) is 4.79 Å². The van der Waals surface area contributed by atoms with Crippen LogP contribution in [0.4, 0.5) is 5.69 Å². The first-order chi connectivity index (χ1) is 16.0.